The minimum atomic E-state index is -1.63. The molecule has 77 heavy (non-hydrogen) atoms. The van der Waals surface area contributed by atoms with Gasteiger partial charge in [0.05, 0.1) is 40.3 Å². The van der Waals surface area contributed by atoms with Crippen LogP contribution in [0.15, 0.2) is 48.6 Å². The lowest BCUT2D eigenvalue weighted by molar-refractivity contribution is -0.870. The number of hydrogen-bond donors (Lipinski definition) is 0. The summed E-state index contributed by atoms with van der Waals surface area (Å²) in [6.07, 6.45) is 72.1. The van der Waals surface area contributed by atoms with Gasteiger partial charge in [0, 0.05) is 12.8 Å². The zero-order valence-electron chi connectivity index (χ0n) is 51.3. The maximum absolute atomic E-state index is 12.8. The number of allylic oxidation sites excluding steroid dienone is 8. The average molecular weight is 1080 g/mol. The molecule has 0 aliphatic heterocycles. The predicted octanol–water partition coefficient (Wildman–Crippen LogP) is 18.5. The highest BCUT2D eigenvalue weighted by Gasteiger charge is 2.22. The molecule has 2 atom stereocenters. The third kappa shape index (κ3) is 60.7. The Labute approximate surface area is 476 Å². The first kappa shape index (κ1) is 74.2. The van der Waals surface area contributed by atoms with Crippen LogP contribution in [0.25, 0.3) is 0 Å². The molecule has 0 rings (SSSR count). The van der Waals surface area contributed by atoms with Crippen molar-refractivity contribution in [3.05, 3.63) is 48.6 Å². The molecular formula is C68H125NO8. The number of nitrogens with zero attached hydrogens (tertiary/aromatic N) is 1. The van der Waals surface area contributed by atoms with E-state index >= 15 is 0 Å². The van der Waals surface area contributed by atoms with Crippen molar-refractivity contribution >= 4 is 17.9 Å². The van der Waals surface area contributed by atoms with Crippen LogP contribution >= 0.6 is 0 Å². The summed E-state index contributed by atoms with van der Waals surface area (Å²) in [7, 11) is 5.92. The molecule has 450 valence electrons. The number of ether oxygens (including phenoxy) is 4. The molecule has 0 aromatic rings. The summed E-state index contributed by atoms with van der Waals surface area (Å²) in [6, 6.07) is 0. The minimum absolute atomic E-state index is 0.142. The monoisotopic (exact) mass is 1080 g/mol. The van der Waals surface area contributed by atoms with Gasteiger partial charge >= 0.3 is 11.9 Å². The van der Waals surface area contributed by atoms with Crippen LogP contribution in [-0.4, -0.2) is 82.3 Å². The largest absolute Gasteiger partial charge is 0.545 e. The zero-order valence-corrected chi connectivity index (χ0v) is 51.3. The van der Waals surface area contributed by atoms with Crippen LogP contribution in [0.3, 0.4) is 0 Å². The summed E-state index contributed by atoms with van der Waals surface area (Å²) in [5.41, 5.74) is 0. The van der Waals surface area contributed by atoms with E-state index in [4.69, 9.17) is 18.9 Å². The number of hydrogen-bond acceptors (Lipinski definition) is 8. The maximum atomic E-state index is 12.8. The van der Waals surface area contributed by atoms with Crippen LogP contribution in [0.1, 0.15) is 309 Å². The van der Waals surface area contributed by atoms with Crippen molar-refractivity contribution in [2.75, 3.05) is 47.5 Å². The van der Waals surface area contributed by atoms with Crippen molar-refractivity contribution in [3.63, 3.8) is 0 Å². The second-order valence-electron chi connectivity index (χ2n) is 23.4. The van der Waals surface area contributed by atoms with Crippen LogP contribution in [0.5, 0.6) is 0 Å². The summed E-state index contributed by atoms with van der Waals surface area (Å²) < 4.78 is 22.7. The van der Waals surface area contributed by atoms with Gasteiger partial charge in [-0.3, -0.25) is 9.59 Å². The van der Waals surface area contributed by atoms with E-state index in [0.29, 0.717) is 17.4 Å². The number of carboxylic acids is 1. The molecule has 0 aliphatic rings. The Balaban J connectivity index is 4.01. The molecule has 0 radical (unpaired) electrons. The van der Waals surface area contributed by atoms with Crippen molar-refractivity contribution in [1.29, 1.82) is 0 Å². The Kier molecular flexibility index (Phi) is 57.3. The molecule has 0 aromatic heterocycles. The normalized spacial score (nSPS) is 13.0. The molecule has 9 nitrogen and oxygen atoms in total. The van der Waals surface area contributed by atoms with Gasteiger partial charge < -0.3 is 33.3 Å². The number of unbranched alkanes of at least 4 members (excludes halogenated alkanes) is 38. The fourth-order valence-electron chi connectivity index (χ4n) is 9.59. The number of esters is 2. The highest BCUT2D eigenvalue weighted by molar-refractivity contribution is 5.70. The van der Waals surface area contributed by atoms with Crippen LogP contribution in [0.4, 0.5) is 0 Å². The Morgan fingerprint density at radius 2 is 0.740 bits per heavy atom. The van der Waals surface area contributed by atoms with Gasteiger partial charge in [-0.15, -0.1) is 0 Å². The lowest BCUT2D eigenvalue weighted by atomic mass is 10.0. The summed E-state index contributed by atoms with van der Waals surface area (Å²) >= 11 is 0. The SMILES string of the molecule is CC/C=C\C/C=C\C/C=C\C/C=C\CCCCCCC(=O)OC(COC(=O)CCCCCCCCCCCCCCCCCCCCCCCCCCCCCCCCCCCCC)COC(OCC[N+](C)(C)C)C(=O)[O-]. The van der Waals surface area contributed by atoms with Gasteiger partial charge in [-0.05, 0) is 51.4 Å². The first-order chi connectivity index (χ1) is 37.6. The van der Waals surface area contributed by atoms with Gasteiger partial charge in [0.15, 0.2) is 12.4 Å². The van der Waals surface area contributed by atoms with Crippen LogP contribution in [-0.2, 0) is 33.3 Å². The van der Waals surface area contributed by atoms with Gasteiger partial charge in [0.2, 0.25) is 0 Å². The molecule has 0 amide bonds. The van der Waals surface area contributed by atoms with Crippen LogP contribution in [0.2, 0.25) is 0 Å². The molecule has 0 heterocycles. The van der Waals surface area contributed by atoms with Gasteiger partial charge in [-0.25, -0.2) is 0 Å². The number of likely N-dealkylation sites (N-methyl/N-ethyl adjacent to an activating group) is 1. The van der Waals surface area contributed by atoms with Crippen LogP contribution < -0.4 is 5.11 Å². The second-order valence-corrected chi connectivity index (χ2v) is 23.4. The van der Waals surface area contributed by atoms with E-state index in [1.165, 1.54) is 205 Å². The molecule has 0 bridgehead atoms. The van der Waals surface area contributed by atoms with E-state index in [2.05, 4.69) is 62.5 Å². The molecule has 0 N–H and O–H groups in total. The van der Waals surface area contributed by atoms with Gasteiger partial charge in [-0.1, -0.05) is 294 Å². The first-order valence-corrected chi connectivity index (χ1v) is 32.8. The predicted molar refractivity (Wildman–Crippen MR) is 325 cm³/mol. The molecule has 9 heteroatoms. The van der Waals surface area contributed by atoms with Crippen molar-refractivity contribution in [2.24, 2.45) is 0 Å². The van der Waals surface area contributed by atoms with E-state index in [0.717, 1.165) is 70.6 Å². The van der Waals surface area contributed by atoms with E-state index in [1.54, 1.807) is 0 Å². The Morgan fingerprint density at radius 3 is 1.10 bits per heavy atom. The molecule has 2 unspecified atom stereocenters. The summed E-state index contributed by atoms with van der Waals surface area (Å²) in [4.78, 5) is 37.3. The lowest BCUT2D eigenvalue weighted by Gasteiger charge is -2.26. The molecule has 0 saturated carbocycles. The average Bonchev–Trinajstić information content (AvgIpc) is 3.40. The number of quaternary nitrogens is 1. The van der Waals surface area contributed by atoms with Crippen molar-refractivity contribution in [1.82, 2.24) is 0 Å². The third-order valence-corrected chi connectivity index (χ3v) is 14.6. The van der Waals surface area contributed by atoms with E-state index in [9.17, 15) is 19.5 Å². The zero-order chi connectivity index (χ0) is 56.2. The second kappa shape index (κ2) is 59.4. The molecule has 0 aromatic carbocycles. The van der Waals surface area contributed by atoms with E-state index < -0.39 is 24.3 Å². The quantitative estimate of drug-likeness (QED) is 0.0195. The molecule has 0 fully saturated rings. The van der Waals surface area contributed by atoms with Gasteiger partial charge in [0.1, 0.15) is 13.2 Å². The minimum Gasteiger partial charge on any atom is -0.545 e. The number of aliphatic carboxylic acids is 1. The standard InChI is InChI=1S/C68H125NO8/c1-6-8-10-12-14-16-18-20-22-24-25-26-27-28-29-30-31-32-33-34-35-36-37-38-39-40-41-43-44-46-48-50-52-54-56-58-65(70)75-62-64(63-76-68(67(72)73)74-61-60-69(3,4)5)77-66(71)59-57-55-53-51-49-47-45-42-23-21-19-17-15-13-11-9-7-2/h9,11,15,17,21,23,45,47,64,68H,6-8,10,12-14,16,18-20,22,24-44,46,48-63H2,1-5H3/b11-9-,17-15-,23-21-,47-45-. The molecule has 0 aliphatic carbocycles. The number of carboxylic acid groups (broad SMARTS) is 1. The Morgan fingerprint density at radius 1 is 0.403 bits per heavy atom. The number of rotatable bonds is 61. The third-order valence-electron chi connectivity index (χ3n) is 14.6. The van der Waals surface area contributed by atoms with Crippen molar-refractivity contribution in [2.45, 2.75) is 322 Å². The fraction of sp³-hybridized carbons (Fsp3) is 0.838. The topological polar surface area (TPSA) is 111 Å². The molecular weight excluding hydrogens is 959 g/mol. The van der Waals surface area contributed by atoms with E-state index in [-0.39, 0.29) is 38.6 Å². The van der Waals surface area contributed by atoms with Crippen molar-refractivity contribution < 1.29 is 42.9 Å². The fourth-order valence-corrected chi connectivity index (χ4v) is 9.59. The van der Waals surface area contributed by atoms with Gasteiger partial charge in [0.25, 0.3) is 0 Å². The Hall–Kier alpha value is -2.75. The molecule has 0 saturated heterocycles. The van der Waals surface area contributed by atoms with Crippen LogP contribution in [0, 0.1) is 0 Å². The molecule has 0 spiro atoms. The highest BCUT2D eigenvalue weighted by Crippen LogP contribution is 2.18. The smallest absolute Gasteiger partial charge is 0.306 e. The Bertz CT molecular complexity index is 1400. The number of carbonyl (C=O) groups excluding carboxylic acids is 3. The highest BCUT2D eigenvalue weighted by atomic mass is 16.7. The summed E-state index contributed by atoms with van der Waals surface area (Å²) in [5, 5.41) is 11.8. The summed E-state index contributed by atoms with van der Waals surface area (Å²) in [5.74, 6) is -2.30. The van der Waals surface area contributed by atoms with E-state index in [1.807, 2.05) is 21.1 Å². The number of carbonyl (C=O) groups is 3. The lowest BCUT2D eigenvalue weighted by Crippen LogP contribution is -2.44. The van der Waals surface area contributed by atoms with Gasteiger partial charge in [-0.2, -0.15) is 0 Å². The summed E-state index contributed by atoms with van der Waals surface area (Å²) in [6.45, 7) is 4.64. The first-order valence-electron chi connectivity index (χ1n) is 32.8. The maximum Gasteiger partial charge on any atom is 0.306 e. The van der Waals surface area contributed by atoms with Crippen molar-refractivity contribution in [3.8, 4) is 0 Å².